The van der Waals surface area contributed by atoms with Crippen molar-refractivity contribution in [2.75, 3.05) is 20.3 Å². The highest BCUT2D eigenvalue weighted by Gasteiger charge is 2.19. The number of nitrogens with one attached hydrogen (secondary N) is 2. The predicted octanol–water partition coefficient (Wildman–Crippen LogP) is -1.06. The molecule has 0 spiro atoms. The number of carbonyl (C=O) groups is 1. The SMILES string of the molecule is COCCCNS(=O)(=O)c1cc(C(=O)NN)n(C)c1. The second-order valence-corrected chi connectivity index (χ2v) is 5.66. The molecular weight excluding hydrogens is 272 g/mol. The van der Waals surface area contributed by atoms with E-state index in [1.807, 2.05) is 5.43 Å². The lowest BCUT2D eigenvalue weighted by Crippen LogP contribution is -2.31. The molecule has 0 aliphatic heterocycles. The number of aryl methyl sites for hydroxylation is 1. The van der Waals surface area contributed by atoms with Gasteiger partial charge in [-0.15, -0.1) is 0 Å². The van der Waals surface area contributed by atoms with Gasteiger partial charge in [0.1, 0.15) is 10.6 Å². The number of nitrogens with two attached hydrogens (primary N) is 1. The molecule has 0 radical (unpaired) electrons. The largest absolute Gasteiger partial charge is 0.385 e. The topological polar surface area (TPSA) is 115 Å². The summed E-state index contributed by atoms with van der Waals surface area (Å²) in [6.07, 6.45) is 1.92. The van der Waals surface area contributed by atoms with Crippen molar-refractivity contribution in [3.8, 4) is 0 Å². The van der Waals surface area contributed by atoms with E-state index in [4.69, 9.17) is 10.6 Å². The van der Waals surface area contributed by atoms with Crippen molar-refractivity contribution in [2.45, 2.75) is 11.3 Å². The number of hydrogen-bond acceptors (Lipinski definition) is 5. The molecule has 0 aliphatic carbocycles. The summed E-state index contributed by atoms with van der Waals surface area (Å²) in [5.41, 5.74) is 2.12. The molecule has 1 rings (SSSR count). The van der Waals surface area contributed by atoms with Crippen LogP contribution in [-0.2, 0) is 21.8 Å². The van der Waals surface area contributed by atoms with Crippen LogP contribution in [0.1, 0.15) is 16.9 Å². The van der Waals surface area contributed by atoms with Gasteiger partial charge in [-0.05, 0) is 12.5 Å². The molecule has 1 aromatic rings. The lowest BCUT2D eigenvalue weighted by Gasteiger charge is -2.03. The first-order valence-electron chi connectivity index (χ1n) is 5.58. The first-order chi connectivity index (χ1) is 8.92. The van der Waals surface area contributed by atoms with Gasteiger partial charge in [0.2, 0.25) is 10.0 Å². The van der Waals surface area contributed by atoms with Gasteiger partial charge in [0.25, 0.3) is 5.91 Å². The number of hydrogen-bond donors (Lipinski definition) is 3. The van der Waals surface area contributed by atoms with Crippen LogP contribution in [0.2, 0.25) is 0 Å². The summed E-state index contributed by atoms with van der Waals surface area (Å²) in [5.74, 6) is 4.46. The Hall–Kier alpha value is -1.42. The van der Waals surface area contributed by atoms with Crippen molar-refractivity contribution in [1.29, 1.82) is 0 Å². The van der Waals surface area contributed by atoms with Gasteiger partial charge in [0, 0.05) is 33.5 Å². The molecule has 0 aliphatic rings. The number of rotatable bonds is 7. The van der Waals surface area contributed by atoms with Crippen molar-refractivity contribution in [1.82, 2.24) is 14.7 Å². The van der Waals surface area contributed by atoms with Gasteiger partial charge in [-0.3, -0.25) is 10.2 Å². The minimum atomic E-state index is -3.63. The van der Waals surface area contributed by atoms with Crippen LogP contribution in [0, 0.1) is 0 Å². The number of nitrogens with zero attached hydrogens (tertiary/aromatic N) is 1. The monoisotopic (exact) mass is 290 g/mol. The highest BCUT2D eigenvalue weighted by molar-refractivity contribution is 7.89. The minimum Gasteiger partial charge on any atom is -0.385 e. The van der Waals surface area contributed by atoms with E-state index >= 15 is 0 Å². The molecular formula is C10H18N4O4S. The van der Waals surface area contributed by atoms with E-state index in [0.29, 0.717) is 13.0 Å². The smallest absolute Gasteiger partial charge is 0.281 e. The summed E-state index contributed by atoms with van der Waals surface area (Å²) < 4.78 is 32.5. The van der Waals surface area contributed by atoms with E-state index < -0.39 is 15.9 Å². The van der Waals surface area contributed by atoms with Crippen LogP contribution < -0.4 is 16.0 Å². The van der Waals surface area contributed by atoms with Gasteiger partial charge in [0.15, 0.2) is 0 Å². The van der Waals surface area contributed by atoms with Crippen molar-refractivity contribution in [2.24, 2.45) is 12.9 Å². The lowest BCUT2D eigenvalue weighted by molar-refractivity contribution is 0.0945. The van der Waals surface area contributed by atoms with Gasteiger partial charge >= 0.3 is 0 Å². The number of sulfonamides is 1. The van der Waals surface area contributed by atoms with E-state index in [2.05, 4.69) is 4.72 Å². The molecule has 0 bridgehead atoms. The number of ether oxygens (including phenoxy) is 1. The standard InChI is InChI=1S/C10H18N4O4S/c1-14-7-8(6-9(14)10(15)13-11)19(16,17)12-4-3-5-18-2/h6-7,12H,3-5,11H2,1-2H3,(H,13,15). The maximum atomic E-state index is 11.9. The molecule has 4 N–H and O–H groups in total. The van der Waals surface area contributed by atoms with Crippen LogP contribution in [-0.4, -0.2) is 39.2 Å². The number of methoxy groups -OCH3 is 1. The second kappa shape index (κ2) is 6.66. The van der Waals surface area contributed by atoms with E-state index in [0.717, 1.165) is 0 Å². The molecule has 0 saturated heterocycles. The van der Waals surface area contributed by atoms with Crippen LogP contribution in [0.15, 0.2) is 17.2 Å². The third-order valence-electron chi connectivity index (χ3n) is 2.47. The maximum absolute atomic E-state index is 11.9. The maximum Gasteiger partial charge on any atom is 0.281 e. The predicted molar refractivity (Wildman–Crippen MR) is 68.7 cm³/mol. The number of hydrazine groups is 1. The fourth-order valence-corrected chi connectivity index (χ4v) is 2.63. The van der Waals surface area contributed by atoms with Gasteiger partial charge < -0.3 is 9.30 Å². The third-order valence-corrected chi connectivity index (χ3v) is 3.90. The Bertz CT molecular complexity index is 538. The molecule has 0 unspecified atom stereocenters. The molecule has 8 nitrogen and oxygen atoms in total. The number of amides is 1. The van der Waals surface area contributed by atoms with Crippen LogP contribution in [0.3, 0.4) is 0 Å². The van der Waals surface area contributed by atoms with Crippen LogP contribution in [0.4, 0.5) is 0 Å². The summed E-state index contributed by atoms with van der Waals surface area (Å²) in [4.78, 5) is 11.4. The molecule has 9 heteroatoms. The summed E-state index contributed by atoms with van der Waals surface area (Å²) in [5, 5.41) is 0. The van der Waals surface area contributed by atoms with Crippen LogP contribution in [0.25, 0.3) is 0 Å². The molecule has 108 valence electrons. The fraction of sp³-hybridized carbons (Fsp3) is 0.500. The summed E-state index contributed by atoms with van der Waals surface area (Å²) in [6, 6.07) is 1.26. The Kier molecular flexibility index (Phi) is 5.48. The zero-order valence-electron chi connectivity index (χ0n) is 10.8. The zero-order valence-corrected chi connectivity index (χ0v) is 11.7. The first kappa shape index (κ1) is 15.6. The normalized spacial score (nSPS) is 11.5. The summed E-state index contributed by atoms with van der Waals surface area (Å²) >= 11 is 0. The number of nitrogen functional groups attached to an aromatic ring is 1. The molecule has 1 aromatic heterocycles. The Morgan fingerprint density at radius 1 is 1.53 bits per heavy atom. The molecule has 0 fully saturated rings. The van der Waals surface area contributed by atoms with E-state index in [1.165, 1.54) is 16.8 Å². The molecule has 1 amide bonds. The lowest BCUT2D eigenvalue weighted by atomic mass is 10.4. The quantitative estimate of drug-likeness (QED) is 0.256. The van der Waals surface area contributed by atoms with E-state index in [9.17, 15) is 13.2 Å². The first-order valence-corrected chi connectivity index (χ1v) is 7.06. The number of aromatic nitrogens is 1. The minimum absolute atomic E-state index is 0.0195. The van der Waals surface area contributed by atoms with Gasteiger partial charge in [-0.2, -0.15) is 0 Å². The average Bonchev–Trinajstić information content (AvgIpc) is 2.77. The number of carbonyl (C=O) groups excluding carboxylic acids is 1. The third kappa shape index (κ3) is 4.03. The Morgan fingerprint density at radius 2 is 2.21 bits per heavy atom. The molecule has 1 heterocycles. The highest BCUT2D eigenvalue weighted by Crippen LogP contribution is 2.13. The fourth-order valence-electron chi connectivity index (χ4n) is 1.49. The van der Waals surface area contributed by atoms with Crippen molar-refractivity contribution < 1.29 is 17.9 Å². The van der Waals surface area contributed by atoms with Crippen molar-refractivity contribution in [3.63, 3.8) is 0 Å². The highest BCUT2D eigenvalue weighted by atomic mass is 32.2. The molecule has 0 atom stereocenters. The molecule has 0 saturated carbocycles. The molecule has 19 heavy (non-hydrogen) atoms. The van der Waals surface area contributed by atoms with Crippen LogP contribution >= 0.6 is 0 Å². The summed E-state index contributed by atoms with van der Waals surface area (Å²) in [7, 11) is -0.522. The van der Waals surface area contributed by atoms with Gasteiger partial charge in [-0.1, -0.05) is 0 Å². The Balaban J connectivity index is 2.82. The van der Waals surface area contributed by atoms with E-state index in [-0.39, 0.29) is 17.1 Å². The van der Waals surface area contributed by atoms with Crippen LogP contribution in [0.5, 0.6) is 0 Å². The van der Waals surface area contributed by atoms with Gasteiger partial charge in [0.05, 0.1) is 0 Å². The summed E-state index contributed by atoms with van der Waals surface area (Å²) in [6.45, 7) is 0.738. The molecule has 0 aromatic carbocycles. The van der Waals surface area contributed by atoms with Crippen molar-refractivity contribution in [3.05, 3.63) is 18.0 Å². The van der Waals surface area contributed by atoms with E-state index in [1.54, 1.807) is 14.2 Å². The average molecular weight is 290 g/mol. The Labute approximate surface area is 111 Å². The Morgan fingerprint density at radius 3 is 2.79 bits per heavy atom. The van der Waals surface area contributed by atoms with Crippen molar-refractivity contribution >= 4 is 15.9 Å². The second-order valence-electron chi connectivity index (χ2n) is 3.89. The van der Waals surface area contributed by atoms with Gasteiger partial charge in [-0.25, -0.2) is 19.0 Å². The zero-order chi connectivity index (χ0) is 14.5.